The summed E-state index contributed by atoms with van der Waals surface area (Å²) >= 11 is 0. The van der Waals surface area contributed by atoms with E-state index in [1.807, 2.05) is 18.7 Å². The molecule has 1 rings (SSSR count). The number of hydrogen-bond acceptors (Lipinski definition) is 4. The standard InChI is InChI=1S/C12H23N3O3/c1-9(2)6-13-12(18)14-11(17)7-15-5-3-4-10(15)8-16/h9-10,16H,3-8H2,1-2H3,(H2,13,14,17,18)/t10-/m1/s1. The summed E-state index contributed by atoms with van der Waals surface area (Å²) < 4.78 is 0. The first-order valence-corrected chi connectivity index (χ1v) is 6.45. The maximum Gasteiger partial charge on any atom is 0.321 e. The summed E-state index contributed by atoms with van der Waals surface area (Å²) in [6, 6.07) is -0.400. The van der Waals surface area contributed by atoms with Gasteiger partial charge in [-0.2, -0.15) is 0 Å². The highest BCUT2D eigenvalue weighted by Crippen LogP contribution is 2.15. The molecule has 1 atom stereocenters. The van der Waals surface area contributed by atoms with Crippen molar-refractivity contribution in [2.75, 3.05) is 26.2 Å². The number of carbonyl (C=O) groups excluding carboxylic acids is 2. The lowest BCUT2D eigenvalue weighted by Gasteiger charge is -2.21. The second-order valence-corrected chi connectivity index (χ2v) is 5.10. The summed E-state index contributed by atoms with van der Waals surface area (Å²) in [5, 5.41) is 14.0. The Hall–Kier alpha value is -1.14. The fourth-order valence-corrected chi connectivity index (χ4v) is 2.00. The zero-order chi connectivity index (χ0) is 13.5. The van der Waals surface area contributed by atoms with Crippen molar-refractivity contribution in [1.29, 1.82) is 0 Å². The van der Waals surface area contributed by atoms with Crippen LogP contribution in [0.1, 0.15) is 26.7 Å². The van der Waals surface area contributed by atoms with Crippen LogP contribution in [-0.2, 0) is 4.79 Å². The monoisotopic (exact) mass is 257 g/mol. The van der Waals surface area contributed by atoms with Crippen molar-refractivity contribution in [3.63, 3.8) is 0 Å². The third kappa shape index (κ3) is 5.01. The Balaban J connectivity index is 2.26. The van der Waals surface area contributed by atoms with Crippen molar-refractivity contribution in [2.45, 2.75) is 32.7 Å². The van der Waals surface area contributed by atoms with Gasteiger partial charge in [-0.15, -0.1) is 0 Å². The van der Waals surface area contributed by atoms with Gasteiger partial charge in [0.05, 0.1) is 13.2 Å². The number of carbonyl (C=O) groups is 2. The normalized spacial score (nSPS) is 20.1. The molecule has 0 saturated carbocycles. The van der Waals surface area contributed by atoms with Crippen LogP contribution in [0.15, 0.2) is 0 Å². The van der Waals surface area contributed by atoms with E-state index in [9.17, 15) is 9.59 Å². The summed E-state index contributed by atoms with van der Waals surface area (Å²) in [5.74, 6) is 0.0276. The lowest BCUT2D eigenvalue weighted by Crippen LogP contribution is -2.46. The van der Waals surface area contributed by atoms with Crippen molar-refractivity contribution in [1.82, 2.24) is 15.5 Å². The molecular formula is C12H23N3O3. The molecule has 1 aliphatic rings. The largest absolute Gasteiger partial charge is 0.395 e. The number of nitrogens with one attached hydrogen (secondary N) is 2. The molecule has 0 aromatic rings. The van der Waals surface area contributed by atoms with E-state index in [4.69, 9.17) is 5.11 Å². The van der Waals surface area contributed by atoms with Crippen LogP contribution in [-0.4, -0.2) is 54.2 Å². The number of imide groups is 1. The van der Waals surface area contributed by atoms with Gasteiger partial charge in [-0.3, -0.25) is 15.0 Å². The number of amides is 3. The van der Waals surface area contributed by atoms with Crippen LogP contribution in [0.4, 0.5) is 4.79 Å². The van der Waals surface area contributed by atoms with Crippen LogP contribution < -0.4 is 10.6 Å². The van der Waals surface area contributed by atoms with Gasteiger partial charge < -0.3 is 10.4 Å². The molecule has 0 radical (unpaired) electrons. The molecule has 0 aromatic heterocycles. The topological polar surface area (TPSA) is 81.7 Å². The molecule has 104 valence electrons. The minimum absolute atomic E-state index is 0.0504. The Morgan fingerprint density at radius 2 is 2.17 bits per heavy atom. The predicted octanol–water partition coefficient (Wildman–Crippen LogP) is -0.0751. The fraction of sp³-hybridized carbons (Fsp3) is 0.833. The molecule has 0 bridgehead atoms. The average molecular weight is 257 g/mol. The van der Waals surface area contributed by atoms with E-state index in [2.05, 4.69) is 10.6 Å². The SMILES string of the molecule is CC(C)CNC(=O)NC(=O)CN1CCC[C@@H]1CO. The van der Waals surface area contributed by atoms with Gasteiger partial charge in [0, 0.05) is 12.6 Å². The number of aliphatic hydroxyl groups is 1. The first kappa shape index (κ1) is 14.9. The van der Waals surface area contributed by atoms with Crippen molar-refractivity contribution >= 4 is 11.9 Å². The van der Waals surface area contributed by atoms with E-state index in [1.54, 1.807) is 0 Å². The van der Waals surface area contributed by atoms with Crippen LogP contribution in [0.2, 0.25) is 0 Å². The molecule has 6 heteroatoms. The predicted molar refractivity (Wildman–Crippen MR) is 68.1 cm³/mol. The number of rotatable bonds is 5. The highest BCUT2D eigenvalue weighted by Gasteiger charge is 2.25. The molecule has 0 spiro atoms. The third-order valence-electron chi connectivity index (χ3n) is 2.98. The third-order valence-corrected chi connectivity index (χ3v) is 2.98. The first-order valence-electron chi connectivity index (χ1n) is 6.45. The zero-order valence-electron chi connectivity index (χ0n) is 11.1. The van der Waals surface area contributed by atoms with Gasteiger partial charge in [0.2, 0.25) is 5.91 Å². The van der Waals surface area contributed by atoms with Crippen molar-refractivity contribution in [3.8, 4) is 0 Å². The van der Waals surface area contributed by atoms with Crippen LogP contribution in [0, 0.1) is 5.92 Å². The van der Waals surface area contributed by atoms with Crippen LogP contribution in [0.5, 0.6) is 0 Å². The van der Waals surface area contributed by atoms with Gasteiger partial charge in [-0.1, -0.05) is 13.8 Å². The highest BCUT2D eigenvalue weighted by molar-refractivity contribution is 5.95. The lowest BCUT2D eigenvalue weighted by atomic mass is 10.2. The van der Waals surface area contributed by atoms with Gasteiger partial charge in [0.25, 0.3) is 0 Å². The summed E-state index contributed by atoms with van der Waals surface area (Å²) in [7, 11) is 0. The van der Waals surface area contributed by atoms with Gasteiger partial charge in [-0.05, 0) is 25.3 Å². The Morgan fingerprint density at radius 1 is 1.44 bits per heavy atom. The molecule has 1 heterocycles. The van der Waals surface area contributed by atoms with Crippen LogP contribution in [0.3, 0.4) is 0 Å². The maximum absolute atomic E-state index is 11.6. The molecule has 6 nitrogen and oxygen atoms in total. The van der Waals surface area contributed by atoms with Crippen molar-refractivity contribution < 1.29 is 14.7 Å². The van der Waals surface area contributed by atoms with Crippen LogP contribution >= 0.6 is 0 Å². The van der Waals surface area contributed by atoms with Crippen molar-refractivity contribution in [2.24, 2.45) is 5.92 Å². The summed E-state index contributed by atoms with van der Waals surface area (Å²) in [5.41, 5.74) is 0. The summed E-state index contributed by atoms with van der Waals surface area (Å²) in [6.07, 6.45) is 1.89. The van der Waals surface area contributed by atoms with Crippen LogP contribution in [0.25, 0.3) is 0 Å². The van der Waals surface area contributed by atoms with E-state index in [1.165, 1.54) is 0 Å². The second kappa shape index (κ2) is 7.33. The van der Waals surface area contributed by atoms with Crippen molar-refractivity contribution in [3.05, 3.63) is 0 Å². The van der Waals surface area contributed by atoms with E-state index >= 15 is 0 Å². The van der Waals surface area contributed by atoms with E-state index in [-0.39, 0.29) is 25.1 Å². The first-order chi connectivity index (χ1) is 8.52. The fourth-order valence-electron chi connectivity index (χ4n) is 2.00. The quantitative estimate of drug-likeness (QED) is 0.643. The molecular weight excluding hydrogens is 234 g/mol. The molecule has 0 aromatic carbocycles. The van der Waals surface area contributed by atoms with Gasteiger partial charge in [0.15, 0.2) is 0 Å². The van der Waals surface area contributed by atoms with Gasteiger partial charge >= 0.3 is 6.03 Å². The van der Waals surface area contributed by atoms with E-state index < -0.39 is 6.03 Å². The molecule has 1 aliphatic heterocycles. The van der Waals surface area contributed by atoms with E-state index in [0.717, 1.165) is 19.4 Å². The summed E-state index contributed by atoms with van der Waals surface area (Å²) in [4.78, 5) is 24.9. The number of hydrogen-bond donors (Lipinski definition) is 3. The molecule has 18 heavy (non-hydrogen) atoms. The molecule has 0 aliphatic carbocycles. The van der Waals surface area contributed by atoms with E-state index in [0.29, 0.717) is 12.5 Å². The Labute approximate surface area is 108 Å². The van der Waals surface area contributed by atoms with Gasteiger partial charge in [0.1, 0.15) is 0 Å². The number of nitrogens with zero attached hydrogens (tertiary/aromatic N) is 1. The average Bonchev–Trinajstić information content (AvgIpc) is 2.73. The summed E-state index contributed by atoms with van der Waals surface area (Å²) in [6.45, 7) is 5.54. The number of urea groups is 1. The molecule has 1 saturated heterocycles. The molecule has 3 amide bonds. The number of aliphatic hydroxyl groups excluding tert-OH is 1. The zero-order valence-corrected chi connectivity index (χ0v) is 11.1. The highest BCUT2D eigenvalue weighted by atomic mass is 16.3. The molecule has 0 unspecified atom stereocenters. The maximum atomic E-state index is 11.6. The molecule has 1 fully saturated rings. The Bertz CT molecular complexity index is 294. The Morgan fingerprint density at radius 3 is 2.78 bits per heavy atom. The minimum atomic E-state index is -0.451. The Kier molecular flexibility index (Phi) is 6.07. The smallest absolute Gasteiger partial charge is 0.321 e. The lowest BCUT2D eigenvalue weighted by molar-refractivity contribution is -0.121. The number of likely N-dealkylation sites (tertiary alicyclic amines) is 1. The minimum Gasteiger partial charge on any atom is -0.395 e. The molecule has 3 N–H and O–H groups in total. The van der Waals surface area contributed by atoms with Gasteiger partial charge in [-0.25, -0.2) is 4.79 Å². The second-order valence-electron chi connectivity index (χ2n) is 5.10.